The molecule has 0 saturated carbocycles. The molecule has 1 aliphatic rings. The lowest BCUT2D eigenvalue weighted by atomic mass is 10.2. The molecular weight excluding hydrogens is 492 g/mol. The normalized spacial score (nSPS) is 13.4. The summed E-state index contributed by atoms with van der Waals surface area (Å²) in [7, 11) is 3.10. The Kier molecular flexibility index (Phi) is 7.20. The Morgan fingerprint density at radius 3 is 2.61 bits per heavy atom. The highest BCUT2D eigenvalue weighted by molar-refractivity contribution is 9.10. The number of methoxy groups -OCH3 is 2. The van der Waals surface area contributed by atoms with Crippen molar-refractivity contribution in [3.63, 3.8) is 0 Å². The van der Waals surface area contributed by atoms with E-state index in [4.69, 9.17) is 14.2 Å². The van der Waals surface area contributed by atoms with Crippen molar-refractivity contribution in [1.82, 2.24) is 15.0 Å². The number of amides is 1. The molecular formula is C22H23BrN6O4. The molecule has 1 aromatic carbocycles. The molecule has 172 valence electrons. The summed E-state index contributed by atoms with van der Waals surface area (Å²) < 4.78 is 16.9. The molecule has 0 unspecified atom stereocenters. The maximum atomic E-state index is 12.6. The molecule has 0 spiro atoms. The standard InChI is InChI=1S/C22H23BrN6O4/c1-31-17-12-14(6-7-15(17)27-21(30)16-4-3-5-19(23)26-16)25-20-18(32-2)13-24-22(28-20)29-8-10-33-11-9-29/h3-7,12-13H,8-11H2,1-2H3,(H,27,30)(H,24,25,28). The van der Waals surface area contributed by atoms with Gasteiger partial charge in [-0.15, -0.1) is 0 Å². The Morgan fingerprint density at radius 2 is 1.88 bits per heavy atom. The van der Waals surface area contributed by atoms with Gasteiger partial charge in [0, 0.05) is 24.8 Å². The van der Waals surface area contributed by atoms with E-state index in [1.165, 1.54) is 7.11 Å². The van der Waals surface area contributed by atoms with Gasteiger partial charge in [-0.1, -0.05) is 6.07 Å². The van der Waals surface area contributed by atoms with Gasteiger partial charge in [-0.25, -0.2) is 9.97 Å². The molecule has 0 bridgehead atoms. The van der Waals surface area contributed by atoms with Crippen molar-refractivity contribution in [1.29, 1.82) is 0 Å². The lowest BCUT2D eigenvalue weighted by Gasteiger charge is -2.27. The van der Waals surface area contributed by atoms with E-state index < -0.39 is 0 Å². The number of ether oxygens (including phenoxy) is 3. The van der Waals surface area contributed by atoms with Gasteiger partial charge in [-0.2, -0.15) is 4.98 Å². The number of aromatic nitrogens is 3. The average molecular weight is 515 g/mol. The number of pyridine rings is 1. The highest BCUT2D eigenvalue weighted by Crippen LogP contribution is 2.32. The van der Waals surface area contributed by atoms with E-state index in [1.54, 1.807) is 43.6 Å². The van der Waals surface area contributed by atoms with Crippen LogP contribution in [0.25, 0.3) is 0 Å². The first-order valence-corrected chi connectivity index (χ1v) is 11.0. The minimum Gasteiger partial charge on any atom is -0.494 e. The fourth-order valence-corrected chi connectivity index (χ4v) is 3.59. The molecule has 1 aliphatic heterocycles. The fourth-order valence-electron chi connectivity index (χ4n) is 3.25. The highest BCUT2D eigenvalue weighted by Gasteiger charge is 2.17. The van der Waals surface area contributed by atoms with Crippen LogP contribution in [0.2, 0.25) is 0 Å². The zero-order valence-electron chi connectivity index (χ0n) is 18.2. The summed E-state index contributed by atoms with van der Waals surface area (Å²) in [6, 6.07) is 10.5. The maximum absolute atomic E-state index is 12.6. The van der Waals surface area contributed by atoms with Crippen LogP contribution in [0.3, 0.4) is 0 Å². The smallest absolute Gasteiger partial charge is 0.274 e. The molecule has 1 amide bonds. The Bertz CT molecular complexity index is 1140. The number of nitrogens with one attached hydrogen (secondary N) is 2. The quantitative estimate of drug-likeness (QED) is 0.457. The van der Waals surface area contributed by atoms with Crippen LogP contribution < -0.4 is 25.0 Å². The summed E-state index contributed by atoms with van der Waals surface area (Å²) in [5.41, 5.74) is 1.50. The lowest BCUT2D eigenvalue weighted by Crippen LogP contribution is -2.37. The van der Waals surface area contributed by atoms with Crippen LogP contribution in [0.1, 0.15) is 10.5 Å². The molecule has 0 aliphatic carbocycles. The summed E-state index contributed by atoms with van der Waals surface area (Å²) >= 11 is 3.27. The first kappa shape index (κ1) is 22.7. The summed E-state index contributed by atoms with van der Waals surface area (Å²) in [6.07, 6.45) is 1.64. The van der Waals surface area contributed by atoms with Crippen LogP contribution in [0.15, 0.2) is 47.2 Å². The van der Waals surface area contributed by atoms with Crippen LogP contribution >= 0.6 is 15.9 Å². The van der Waals surface area contributed by atoms with E-state index in [0.29, 0.717) is 52.5 Å². The molecule has 10 nitrogen and oxygen atoms in total. The molecule has 0 radical (unpaired) electrons. The largest absolute Gasteiger partial charge is 0.494 e. The first-order valence-electron chi connectivity index (χ1n) is 10.2. The molecule has 3 heterocycles. The van der Waals surface area contributed by atoms with Gasteiger partial charge in [0.05, 0.1) is 39.3 Å². The summed E-state index contributed by atoms with van der Waals surface area (Å²) in [4.78, 5) is 27.8. The molecule has 2 N–H and O–H groups in total. The van der Waals surface area contributed by atoms with Crippen LogP contribution in [0.4, 0.5) is 23.1 Å². The Balaban J connectivity index is 1.54. The number of anilines is 4. The SMILES string of the molecule is COc1cc(Nc2nc(N3CCOCC3)ncc2OC)ccc1NC(=O)c1cccc(Br)n1. The van der Waals surface area contributed by atoms with Crippen molar-refractivity contribution in [3.05, 3.63) is 52.9 Å². The first-order chi connectivity index (χ1) is 16.1. The summed E-state index contributed by atoms with van der Waals surface area (Å²) in [5, 5.41) is 6.08. The number of halogens is 1. The van der Waals surface area contributed by atoms with E-state index in [1.807, 2.05) is 6.07 Å². The predicted octanol–water partition coefficient (Wildman–Crippen LogP) is 3.48. The fraction of sp³-hybridized carbons (Fsp3) is 0.273. The lowest BCUT2D eigenvalue weighted by molar-refractivity contribution is 0.102. The van der Waals surface area contributed by atoms with Crippen molar-refractivity contribution < 1.29 is 19.0 Å². The number of carbonyl (C=O) groups excluding carboxylic acids is 1. The Morgan fingerprint density at radius 1 is 1.09 bits per heavy atom. The number of hydrogen-bond acceptors (Lipinski definition) is 9. The van der Waals surface area contributed by atoms with E-state index in [-0.39, 0.29) is 11.6 Å². The Hall–Kier alpha value is -3.44. The maximum Gasteiger partial charge on any atom is 0.274 e. The van der Waals surface area contributed by atoms with E-state index in [0.717, 1.165) is 13.1 Å². The molecule has 11 heteroatoms. The van der Waals surface area contributed by atoms with Crippen molar-refractivity contribution in [2.75, 3.05) is 56.1 Å². The molecule has 3 aromatic rings. The second-order valence-corrected chi connectivity index (χ2v) is 7.84. The van der Waals surface area contributed by atoms with Crippen molar-refractivity contribution in [3.8, 4) is 11.5 Å². The molecule has 1 fully saturated rings. The molecule has 33 heavy (non-hydrogen) atoms. The van der Waals surface area contributed by atoms with Gasteiger partial charge < -0.3 is 29.7 Å². The van der Waals surface area contributed by atoms with Gasteiger partial charge in [0.25, 0.3) is 5.91 Å². The third kappa shape index (κ3) is 5.49. The topological polar surface area (TPSA) is 111 Å². The summed E-state index contributed by atoms with van der Waals surface area (Å²) in [5.74, 6) is 1.75. The number of rotatable bonds is 7. The van der Waals surface area contributed by atoms with Crippen molar-refractivity contribution in [2.24, 2.45) is 0 Å². The van der Waals surface area contributed by atoms with Gasteiger partial charge >= 0.3 is 0 Å². The molecule has 2 aromatic heterocycles. The number of hydrogen-bond donors (Lipinski definition) is 2. The third-order valence-electron chi connectivity index (χ3n) is 4.92. The monoisotopic (exact) mass is 514 g/mol. The van der Waals surface area contributed by atoms with Crippen LogP contribution in [-0.2, 0) is 4.74 Å². The predicted molar refractivity (Wildman–Crippen MR) is 128 cm³/mol. The molecule has 0 atom stereocenters. The van der Waals surface area contributed by atoms with Crippen molar-refractivity contribution in [2.45, 2.75) is 0 Å². The zero-order chi connectivity index (χ0) is 23.2. The number of benzene rings is 1. The van der Waals surface area contributed by atoms with Gasteiger partial charge in [-0.3, -0.25) is 4.79 Å². The van der Waals surface area contributed by atoms with Gasteiger partial charge in [-0.05, 0) is 40.2 Å². The molecule has 1 saturated heterocycles. The minimum absolute atomic E-state index is 0.287. The van der Waals surface area contributed by atoms with Gasteiger partial charge in [0.1, 0.15) is 16.0 Å². The van der Waals surface area contributed by atoms with Crippen molar-refractivity contribution >= 4 is 45.0 Å². The minimum atomic E-state index is -0.345. The third-order valence-corrected chi connectivity index (χ3v) is 5.36. The number of nitrogens with zero attached hydrogens (tertiary/aromatic N) is 4. The second-order valence-electron chi connectivity index (χ2n) is 7.03. The van der Waals surface area contributed by atoms with Gasteiger partial charge in [0.2, 0.25) is 5.95 Å². The number of carbonyl (C=O) groups is 1. The van der Waals surface area contributed by atoms with E-state index in [2.05, 4.69) is 46.4 Å². The van der Waals surface area contributed by atoms with Crippen LogP contribution in [0, 0.1) is 0 Å². The molecule has 4 rings (SSSR count). The Labute approximate surface area is 199 Å². The van der Waals surface area contributed by atoms with E-state index in [9.17, 15) is 4.79 Å². The number of morpholine rings is 1. The highest BCUT2D eigenvalue weighted by atomic mass is 79.9. The summed E-state index contributed by atoms with van der Waals surface area (Å²) in [6.45, 7) is 2.72. The second kappa shape index (κ2) is 10.5. The van der Waals surface area contributed by atoms with Crippen LogP contribution in [-0.4, -0.2) is 61.4 Å². The van der Waals surface area contributed by atoms with Crippen LogP contribution in [0.5, 0.6) is 11.5 Å². The zero-order valence-corrected chi connectivity index (χ0v) is 19.8. The van der Waals surface area contributed by atoms with Gasteiger partial charge in [0.15, 0.2) is 11.6 Å². The van der Waals surface area contributed by atoms with E-state index >= 15 is 0 Å². The average Bonchev–Trinajstić information content (AvgIpc) is 2.85.